The molecule has 4 heteroatoms. The van der Waals surface area contributed by atoms with Crippen molar-refractivity contribution < 1.29 is 14.7 Å². The maximum Gasteiger partial charge on any atom is 0.307 e. The highest BCUT2D eigenvalue weighted by Crippen LogP contribution is 2.59. The molecule has 4 nitrogen and oxygen atoms in total. The maximum absolute atomic E-state index is 12.5. The Balaban J connectivity index is 2.09. The van der Waals surface area contributed by atoms with Crippen LogP contribution in [0.4, 0.5) is 0 Å². The molecule has 0 aromatic heterocycles. The molecule has 0 spiro atoms. The first-order valence-electron chi connectivity index (χ1n) is 6.94. The summed E-state index contributed by atoms with van der Waals surface area (Å²) in [6, 6.07) is 0.341. The van der Waals surface area contributed by atoms with Crippen molar-refractivity contribution in [3.8, 4) is 0 Å². The van der Waals surface area contributed by atoms with Crippen molar-refractivity contribution in [3.63, 3.8) is 0 Å². The SMILES string of the molecule is CCN(C(=O)C1C(C(=O)O)C1(C)C)C1CCCC1. The standard InChI is InChI=1S/C14H23NO3/c1-4-15(9-7-5-6-8-9)12(16)10-11(13(17)18)14(10,2)3/h9-11H,4-8H2,1-3H3,(H,17,18). The number of rotatable bonds is 4. The van der Waals surface area contributed by atoms with Crippen molar-refractivity contribution in [1.82, 2.24) is 4.90 Å². The Kier molecular flexibility index (Phi) is 3.39. The van der Waals surface area contributed by atoms with E-state index in [4.69, 9.17) is 5.11 Å². The summed E-state index contributed by atoms with van der Waals surface area (Å²) in [6.45, 7) is 6.46. The summed E-state index contributed by atoms with van der Waals surface area (Å²) in [5.41, 5.74) is -0.380. The molecule has 0 heterocycles. The van der Waals surface area contributed by atoms with Gasteiger partial charge in [0.2, 0.25) is 5.91 Å². The van der Waals surface area contributed by atoms with Gasteiger partial charge in [0, 0.05) is 12.6 Å². The van der Waals surface area contributed by atoms with Crippen molar-refractivity contribution in [1.29, 1.82) is 0 Å². The number of hydrogen-bond acceptors (Lipinski definition) is 2. The summed E-state index contributed by atoms with van der Waals surface area (Å²) in [5, 5.41) is 9.16. The van der Waals surface area contributed by atoms with Gasteiger partial charge in [0.25, 0.3) is 0 Å². The number of carboxylic acids is 1. The van der Waals surface area contributed by atoms with Crippen LogP contribution in [0.25, 0.3) is 0 Å². The van der Waals surface area contributed by atoms with E-state index in [1.165, 1.54) is 12.8 Å². The summed E-state index contributed by atoms with van der Waals surface area (Å²) in [5.74, 6) is -1.60. The van der Waals surface area contributed by atoms with Crippen LogP contribution in [0.1, 0.15) is 46.5 Å². The van der Waals surface area contributed by atoms with E-state index in [2.05, 4.69) is 0 Å². The molecule has 0 saturated heterocycles. The number of carboxylic acid groups (broad SMARTS) is 1. The molecule has 2 aliphatic rings. The predicted octanol–water partition coefficient (Wildman–Crippen LogP) is 2.13. The van der Waals surface area contributed by atoms with Crippen LogP contribution in [-0.4, -0.2) is 34.5 Å². The molecular weight excluding hydrogens is 230 g/mol. The van der Waals surface area contributed by atoms with Crippen molar-refractivity contribution in [2.45, 2.75) is 52.5 Å². The largest absolute Gasteiger partial charge is 0.481 e. The summed E-state index contributed by atoms with van der Waals surface area (Å²) >= 11 is 0. The fourth-order valence-electron chi connectivity index (χ4n) is 3.55. The maximum atomic E-state index is 12.5. The first kappa shape index (κ1) is 13.4. The molecule has 0 bridgehead atoms. The van der Waals surface area contributed by atoms with E-state index in [9.17, 15) is 9.59 Å². The van der Waals surface area contributed by atoms with Gasteiger partial charge in [-0.2, -0.15) is 0 Å². The van der Waals surface area contributed by atoms with Crippen LogP contribution in [0.2, 0.25) is 0 Å². The molecule has 2 unspecified atom stereocenters. The Morgan fingerprint density at radius 2 is 1.78 bits per heavy atom. The molecule has 102 valence electrons. The molecular formula is C14H23NO3. The highest BCUT2D eigenvalue weighted by Gasteiger charge is 2.66. The third kappa shape index (κ3) is 2.02. The lowest BCUT2D eigenvalue weighted by molar-refractivity contribution is -0.142. The van der Waals surface area contributed by atoms with Crippen LogP contribution >= 0.6 is 0 Å². The Hall–Kier alpha value is -1.06. The van der Waals surface area contributed by atoms with Crippen LogP contribution in [0, 0.1) is 17.3 Å². The van der Waals surface area contributed by atoms with E-state index >= 15 is 0 Å². The van der Waals surface area contributed by atoms with E-state index in [0.29, 0.717) is 12.6 Å². The number of aliphatic carboxylic acids is 1. The van der Waals surface area contributed by atoms with E-state index in [0.717, 1.165) is 12.8 Å². The van der Waals surface area contributed by atoms with E-state index in [1.54, 1.807) is 0 Å². The van der Waals surface area contributed by atoms with Crippen LogP contribution in [0.15, 0.2) is 0 Å². The average Bonchev–Trinajstić information content (AvgIpc) is 2.65. The predicted molar refractivity (Wildman–Crippen MR) is 68.0 cm³/mol. The Morgan fingerprint density at radius 3 is 2.17 bits per heavy atom. The fraction of sp³-hybridized carbons (Fsp3) is 0.857. The molecule has 0 aliphatic heterocycles. The lowest BCUT2D eigenvalue weighted by atomic mass is 10.1. The molecule has 1 amide bonds. The zero-order chi connectivity index (χ0) is 13.5. The van der Waals surface area contributed by atoms with E-state index in [1.807, 2.05) is 25.7 Å². The van der Waals surface area contributed by atoms with E-state index < -0.39 is 11.9 Å². The monoisotopic (exact) mass is 253 g/mol. The zero-order valence-corrected chi connectivity index (χ0v) is 11.5. The van der Waals surface area contributed by atoms with Gasteiger partial charge in [-0.25, -0.2) is 0 Å². The minimum atomic E-state index is -0.833. The van der Waals surface area contributed by atoms with Gasteiger partial charge in [0.05, 0.1) is 11.8 Å². The van der Waals surface area contributed by atoms with Gasteiger partial charge in [-0.3, -0.25) is 9.59 Å². The highest BCUT2D eigenvalue weighted by atomic mass is 16.4. The highest BCUT2D eigenvalue weighted by molar-refractivity contribution is 5.91. The Morgan fingerprint density at radius 1 is 1.22 bits per heavy atom. The minimum absolute atomic E-state index is 0.0572. The Labute approximate surface area is 108 Å². The second kappa shape index (κ2) is 4.56. The zero-order valence-electron chi connectivity index (χ0n) is 11.5. The number of carbonyl (C=O) groups excluding carboxylic acids is 1. The van der Waals surface area contributed by atoms with Gasteiger partial charge < -0.3 is 10.0 Å². The molecule has 0 aromatic carbocycles. The van der Waals surface area contributed by atoms with Gasteiger partial charge in [-0.15, -0.1) is 0 Å². The van der Waals surface area contributed by atoms with Crippen LogP contribution in [-0.2, 0) is 9.59 Å². The first-order valence-corrected chi connectivity index (χ1v) is 6.94. The lowest BCUT2D eigenvalue weighted by Crippen LogP contribution is -2.40. The number of amides is 1. The lowest BCUT2D eigenvalue weighted by Gasteiger charge is -2.28. The van der Waals surface area contributed by atoms with Crippen molar-refractivity contribution >= 4 is 11.9 Å². The van der Waals surface area contributed by atoms with Crippen molar-refractivity contribution in [3.05, 3.63) is 0 Å². The van der Waals surface area contributed by atoms with Crippen LogP contribution in [0.5, 0.6) is 0 Å². The number of carbonyl (C=O) groups is 2. The van der Waals surface area contributed by atoms with E-state index in [-0.39, 0.29) is 17.2 Å². The second-order valence-corrected chi connectivity index (χ2v) is 6.18. The summed E-state index contributed by atoms with van der Waals surface area (Å²) in [4.78, 5) is 25.6. The Bertz CT molecular complexity index is 358. The van der Waals surface area contributed by atoms with Crippen molar-refractivity contribution in [2.24, 2.45) is 17.3 Å². The number of nitrogens with zero attached hydrogens (tertiary/aromatic N) is 1. The molecule has 2 rings (SSSR count). The third-order valence-electron chi connectivity index (χ3n) is 4.75. The van der Waals surface area contributed by atoms with Gasteiger partial charge in [-0.05, 0) is 25.2 Å². The molecule has 1 N–H and O–H groups in total. The molecule has 2 atom stereocenters. The van der Waals surface area contributed by atoms with Crippen LogP contribution < -0.4 is 0 Å². The van der Waals surface area contributed by atoms with Crippen LogP contribution in [0.3, 0.4) is 0 Å². The molecule has 0 radical (unpaired) electrons. The quantitative estimate of drug-likeness (QED) is 0.835. The molecule has 2 saturated carbocycles. The average molecular weight is 253 g/mol. The smallest absolute Gasteiger partial charge is 0.307 e. The molecule has 18 heavy (non-hydrogen) atoms. The van der Waals surface area contributed by atoms with Gasteiger partial charge in [-0.1, -0.05) is 26.7 Å². The normalized spacial score (nSPS) is 30.2. The van der Waals surface area contributed by atoms with Gasteiger partial charge >= 0.3 is 5.97 Å². The molecule has 0 aromatic rings. The summed E-state index contributed by atoms with van der Waals surface area (Å²) in [7, 11) is 0. The molecule has 2 fully saturated rings. The molecule has 2 aliphatic carbocycles. The number of hydrogen-bond donors (Lipinski definition) is 1. The fourth-order valence-corrected chi connectivity index (χ4v) is 3.55. The summed E-state index contributed by atoms with van der Waals surface area (Å²) < 4.78 is 0. The second-order valence-electron chi connectivity index (χ2n) is 6.18. The topological polar surface area (TPSA) is 57.6 Å². The van der Waals surface area contributed by atoms with Gasteiger partial charge in [0.1, 0.15) is 0 Å². The third-order valence-corrected chi connectivity index (χ3v) is 4.75. The van der Waals surface area contributed by atoms with Crippen molar-refractivity contribution in [2.75, 3.05) is 6.54 Å². The summed E-state index contributed by atoms with van der Waals surface area (Å²) in [6.07, 6.45) is 4.52. The minimum Gasteiger partial charge on any atom is -0.481 e. The first-order chi connectivity index (χ1) is 8.41. The van der Waals surface area contributed by atoms with Gasteiger partial charge in [0.15, 0.2) is 0 Å².